The number of fused-ring (bicyclic) bond motifs is 4. The number of benzene rings is 3. The van der Waals surface area contributed by atoms with Crippen molar-refractivity contribution >= 4 is 34.8 Å². The Bertz CT molecular complexity index is 996. The molecule has 26 heavy (non-hydrogen) atoms. The average molecular weight is 376 g/mol. The van der Waals surface area contributed by atoms with Gasteiger partial charge in [0.1, 0.15) is 0 Å². The van der Waals surface area contributed by atoms with Gasteiger partial charge in [0.2, 0.25) is 0 Å². The number of aliphatic imine (C=N–C) groups is 1. The standard InChI is InChI=1S/C23H18ClNS/c24-17-11-13-20-21(14-17)26-23(16-7-2-1-3-8-16)19-12-10-15-6-4-5-9-18(15)22(19)25-20/h1-9,11,13-14,19,23H,10,12H2. The quantitative estimate of drug-likeness (QED) is 0.452. The smallest absolute Gasteiger partial charge is 0.0770 e. The van der Waals surface area contributed by atoms with E-state index in [2.05, 4.69) is 66.7 Å². The third-order valence-corrected chi connectivity index (χ3v) is 6.95. The van der Waals surface area contributed by atoms with Crippen LogP contribution in [0.25, 0.3) is 0 Å². The predicted molar refractivity (Wildman–Crippen MR) is 111 cm³/mol. The number of rotatable bonds is 1. The van der Waals surface area contributed by atoms with Crippen LogP contribution in [0.5, 0.6) is 0 Å². The van der Waals surface area contributed by atoms with E-state index in [1.54, 1.807) is 0 Å². The molecule has 0 spiro atoms. The van der Waals surface area contributed by atoms with Crippen LogP contribution in [0.3, 0.4) is 0 Å². The molecule has 0 fully saturated rings. The van der Waals surface area contributed by atoms with E-state index in [0.717, 1.165) is 23.6 Å². The summed E-state index contributed by atoms with van der Waals surface area (Å²) in [6, 6.07) is 25.6. The van der Waals surface area contributed by atoms with Crippen LogP contribution in [0.2, 0.25) is 5.02 Å². The molecule has 128 valence electrons. The summed E-state index contributed by atoms with van der Waals surface area (Å²) >= 11 is 8.20. The van der Waals surface area contributed by atoms with E-state index < -0.39 is 0 Å². The largest absolute Gasteiger partial charge is 0.251 e. The van der Waals surface area contributed by atoms with Crippen molar-refractivity contribution in [2.24, 2.45) is 10.9 Å². The Hall–Kier alpha value is -2.03. The molecular weight excluding hydrogens is 358 g/mol. The highest BCUT2D eigenvalue weighted by Crippen LogP contribution is 2.51. The summed E-state index contributed by atoms with van der Waals surface area (Å²) in [6.07, 6.45) is 2.24. The van der Waals surface area contributed by atoms with Crippen LogP contribution in [0.15, 0.2) is 82.7 Å². The Kier molecular flexibility index (Phi) is 4.11. The first-order valence-corrected chi connectivity index (χ1v) is 10.2. The van der Waals surface area contributed by atoms with Gasteiger partial charge in [-0.05, 0) is 47.7 Å². The molecular formula is C23H18ClNS. The van der Waals surface area contributed by atoms with Crippen molar-refractivity contribution in [3.05, 3.63) is 94.5 Å². The zero-order valence-electron chi connectivity index (χ0n) is 14.2. The van der Waals surface area contributed by atoms with Crippen LogP contribution in [0, 0.1) is 5.92 Å². The zero-order valence-corrected chi connectivity index (χ0v) is 15.8. The fourth-order valence-electron chi connectivity index (χ4n) is 4.04. The topological polar surface area (TPSA) is 12.4 Å². The van der Waals surface area contributed by atoms with Gasteiger partial charge in [-0.25, -0.2) is 0 Å². The summed E-state index contributed by atoms with van der Waals surface area (Å²) in [5, 5.41) is 1.12. The molecule has 2 aliphatic rings. The van der Waals surface area contributed by atoms with Crippen LogP contribution in [0.4, 0.5) is 5.69 Å². The van der Waals surface area contributed by atoms with Gasteiger partial charge in [-0.1, -0.05) is 66.2 Å². The Morgan fingerprint density at radius 3 is 2.62 bits per heavy atom. The van der Waals surface area contributed by atoms with Crippen molar-refractivity contribution < 1.29 is 0 Å². The lowest BCUT2D eigenvalue weighted by Crippen LogP contribution is -2.27. The highest BCUT2D eigenvalue weighted by molar-refractivity contribution is 7.99. The minimum absolute atomic E-state index is 0.350. The maximum Gasteiger partial charge on any atom is 0.0770 e. The van der Waals surface area contributed by atoms with Crippen molar-refractivity contribution in [2.75, 3.05) is 0 Å². The number of thioether (sulfide) groups is 1. The number of nitrogens with zero attached hydrogens (tertiary/aromatic N) is 1. The van der Waals surface area contributed by atoms with Crippen LogP contribution >= 0.6 is 23.4 Å². The maximum absolute atomic E-state index is 6.30. The van der Waals surface area contributed by atoms with Crippen LogP contribution in [-0.2, 0) is 6.42 Å². The Balaban J connectivity index is 1.72. The number of halogens is 1. The number of aryl methyl sites for hydroxylation is 1. The summed E-state index contributed by atoms with van der Waals surface area (Å²) < 4.78 is 0. The zero-order chi connectivity index (χ0) is 17.5. The van der Waals surface area contributed by atoms with Crippen molar-refractivity contribution in [1.29, 1.82) is 0 Å². The lowest BCUT2D eigenvalue weighted by molar-refractivity contribution is 0.597. The first kappa shape index (κ1) is 16.2. The Morgan fingerprint density at radius 1 is 0.923 bits per heavy atom. The van der Waals surface area contributed by atoms with E-state index in [1.807, 2.05) is 17.8 Å². The van der Waals surface area contributed by atoms with Gasteiger partial charge in [0, 0.05) is 21.1 Å². The molecule has 1 nitrogen and oxygen atoms in total. The molecule has 0 saturated heterocycles. The second-order valence-electron chi connectivity index (χ2n) is 6.86. The van der Waals surface area contributed by atoms with Gasteiger partial charge in [-0.2, -0.15) is 0 Å². The van der Waals surface area contributed by atoms with Crippen molar-refractivity contribution in [3.63, 3.8) is 0 Å². The molecule has 2 atom stereocenters. The molecule has 3 aromatic carbocycles. The molecule has 0 bridgehead atoms. The minimum Gasteiger partial charge on any atom is -0.251 e. The predicted octanol–water partition coefficient (Wildman–Crippen LogP) is 6.87. The fourth-order valence-corrected chi connectivity index (χ4v) is 5.70. The molecule has 3 aromatic rings. The normalized spacial score (nSPS) is 21.0. The first-order chi connectivity index (χ1) is 12.8. The van der Waals surface area contributed by atoms with E-state index in [4.69, 9.17) is 16.6 Å². The van der Waals surface area contributed by atoms with Crippen LogP contribution in [-0.4, -0.2) is 5.71 Å². The molecule has 1 aliphatic heterocycles. The summed E-state index contributed by atoms with van der Waals surface area (Å²) in [5.74, 6) is 0.406. The summed E-state index contributed by atoms with van der Waals surface area (Å²) in [5.41, 5.74) is 6.36. The van der Waals surface area contributed by atoms with Gasteiger partial charge in [0.05, 0.1) is 11.4 Å². The van der Waals surface area contributed by atoms with Crippen LogP contribution in [0.1, 0.15) is 28.4 Å². The average Bonchev–Trinajstić information content (AvgIpc) is 2.85. The number of hydrogen-bond donors (Lipinski definition) is 0. The second-order valence-corrected chi connectivity index (χ2v) is 8.48. The van der Waals surface area contributed by atoms with Gasteiger partial charge >= 0.3 is 0 Å². The second kappa shape index (κ2) is 6.61. The molecule has 0 amide bonds. The monoisotopic (exact) mass is 375 g/mol. The molecule has 1 aliphatic carbocycles. The maximum atomic E-state index is 6.30. The SMILES string of the molecule is Clc1ccc2c(c1)SC(c1ccccc1)C1CCc3ccccc3C1=N2. The molecule has 1 heterocycles. The lowest BCUT2D eigenvalue weighted by Gasteiger charge is -2.31. The van der Waals surface area contributed by atoms with E-state index >= 15 is 0 Å². The highest BCUT2D eigenvalue weighted by Gasteiger charge is 2.35. The van der Waals surface area contributed by atoms with Gasteiger partial charge in [-0.3, -0.25) is 4.99 Å². The van der Waals surface area contributed by atoms with E-state index in [9.17, 15) is 0 Å². The minimum atomic E-state index is 0.350. The van der Waals surface area contributed by atoms with Crippen molar-refractivity contribution in [2.45, 2.75) is 23.0 Å². The molecule has 0 aromatic heterocycles. The third kappa shape index (κ3) is 2.78. The Labute approximate surface area is 163 Å². The van der Waals surface area contributed by atoms with Gasteiger partial charge in [0.15, 0.2) is 0 Å². The summed E-state index contributed by atoms with van der Waals surface area (Å²) in [6.45, 7) is 0. The van der Waals surface area contributed by atoms with Crippen molar-refractivity contribution in [3.8, 4) is 0 Å². The third-order valence-electron chi connectivity index (χ3n) is 5.28. The van der Waals surface area contributed by atoms with Crippen molar-refractivity contribution in [1.82, 2.24) is 0 Å². The highest BCUT2D eigenvalue weighted by atomic mass is 35.5. The van der Waals surface area contributed by atoms with E-state index in [0.29, 0.717) is 11.2 Å². The fraction of sp³-hybridized carbons (Fsp3) is 0.174. The molecule has 0 radical (unpaired) electrons. The van der Waals surface area contributed by atoms with E-state index in [-0.39, 0.29) is 0 Å². The molecule has 0 N–H and O–H groups in total. The lowest BCUT2D eigenvalue weighted by atomic mass is 9.78. The summed E-state index contributed by atoms with van der Waals surface area (Å²) in [7, 11) is 0. The molecule has 5 rings (SSSR count). The van der Waals surface area contributed by atoms with E-state index in [1.165, 1.54) is 27.3 Å². The Morgan fingerprint density at radius 2 is 1.73 bits per heavy atom. The molecule has 3 heteroatoms. The van der Waals surface area contributed by atoms with Crippen LogP contribution < -0.4 is 0 Å². The van der Waals surface area contributed by atoms with Gasteiger partial charge < -0.3 is 0 Å². The first-order valence-electron chi connectivity index (χ1n) is 8.97. The number of hydrogen-bond acceptors (Lipinski definition) is 2. The van der Waals surface area contributed by atoms with Gasteiger partial charge in [-0.15, -0.1) is 11.8 Å². The molecule has 2 unspecified atom stereocenters. The summed E-state index contributed by atoms with van der Waals surface area (Å²) in [4.78, 5) is 6.33. The van der Waals surface area contributed by atoms with Gasteiger partial charge in [0.25, 0.3) is 0 Å². The molecule has 0 saturated carbocycles.